The van der Waals surface area contributed by atoms with Crippen molar-refractivity contribution in [3.8, 4) is 34.3 Å². The highest BCUT2D eigenvalue weighted by Gasteiger charge is 2.30. The van der Waals surface area contributed by atoms with Crippen LogP contribution < -0.4 is 10.2 Å². The summed E-state index contributed by atoms with van der Waals surface area (Å²) < 4.78 is 11.4. The fourth-order valence-electron chi connectivity index (χ4n) is 5.16. The molecule has 1 fully saturated rings. The summed E-state index contributed by atoms with van der Waals surface area (Å²) in [7, 11) is 1.44. The number of piperidine rings is 1. The van der Waals surface area contributed by atoms with Crippen molar-refractivity contribution in [1.29, 1.82) is 0 Å². The van der Waals surface area contributed by atoms with Crippen LogP contribution in [-0.4, -0.2) is 46.3 Å². The van der Waals surface area contributed by atoms with E-state index in [2.05, 4.69) is 0 Å². The molecule has 1 amide bonds. The van der Waals surface area contributed by atoms with Crippen LogP contribution in [0, 0.1) is 0 Å². The number of carbonyl (C=O) groups is 1. The minimum Gasteiger partial charge on any atom is -0.507 e. The monoisotopic (exact) mass is 515 g/mol. The van der Waals surface area contributed by atoms with Gasteiger partial charge in [-0.3, -0.25) is 9.59 Å². The third-order valence-corrected chi connectivity index (χ3v) is 7.10. The van der Waals surface area contributed by atoms with E-state index in [-0.39, 0.29) is 51.9 Å². The van der Waals surface area contributed by atoms with Gasteiger partial charge in [-0.1, -0.05) is 36.4 Å². The molecule has 3 N–H and O–H groups in total. The summed E-state index contributed by atoms with van der Waals surface area (Å²) >= 11 is 0. The number of fused-ring (bicyclic) bond motifs is 1. The molecule has 0 radical (unpaired) electrons. The summed E-state index contributed by atoms with van der Waals surface area (Å²) in [6, 6.07) is 16.2. The lowest BCUT2D eigenvalue weighted by Crippen LogP contribution is -2.36. The van der Waals surface area contributed by atoms with Gasteiger partial charge in [0.2, 0.25) is 5.91 Å². The zero-order valence-electron chi connectivity index (χ0n) is 21.0. The van der Waals surface area contributed by atoms with E-state index in [1.54, 1.807) is 41.3 Å². The second-order valence-electron chi connectivity index (χ2n) is 9.50. The van der Waals surface area contributed by atoms with Gasteiger partial charge in [0.25, 0.3) is 0 Å². The van der Waals surface area contributed by atoms with Crippen LogP contribution in [-0.2, 0) is 4.79 Å². The molecular formula is C30H29NO7. The number of rotatable bonds is 6. The van der Waals surface area contributed by atoms with Crippen LogP contribution in [0.1, 0.15) is 42.7 Å². The Hall–Kier alpha value is -4.46. The maximum Gasteiger partial charge on any atom is 0.223 e. The smallest absolute Gasteiger partial charge is 0.223 e. The fourth-order valence-corrected chi connectivity index (χ4v) is 5.16. The normalized spacial score (nSPS) is 14.4. The van der Waals surface area contributed by atoms with Crippen molar-refractivity contribution in [3.05, 3.63) is 82.0 Å². The van der Waals surface area contributed by atoms with E-state index in [9.17, 15) is 24.9 Å². The first-order valence-corrected chi connectivity index (χ1v) is 12.6. The number of aromatic hydroxyl groups is 3. The Balaban J connectivity index is 1.73. The highest BCUT2D eigenvalue weighted by molar-refractivity contribution is 5.91. The fraction of sp³-hybridized carbons (Fsp3) is 0.267. The third-order valence-electron chi connectivity index (χ3n) is 7.10. The molecule has 0 aliphatic carbocycles. The van der Waals surface area contributed by atoms with Gasteiger partial charge in [-0.2, -0.15) is 0 Å². The number of likely N-dealkylation sites (tertiary alicyclic amines) is 1. The van der Waals surface area contributed by atoms with E-state index in [0.717, 1.165) is 25.3 Å². The molecule has 38 heavy (non-hydrogen) atoms. The van der Waals surface area contributed by atoms with Crippen molar-refractivity contribution in [1.82, 2.24) is 4.90 Å². The van der Waals surface area contributed by atoms with Crippen LogP contribution in [0.15, 0.2) is 69.9 Å². The van der Waals surface area contributed by atoms with Crippen LogP contribution in [0.5, 0.6) is 23.0 Å². The van der Waals surface area contributed by atoms with E-state index >= 15 is 0 Å². The number of methoxy groups -OCH3 is 1. The predicted molar refractivity (Wildman–Crippen MR) is 143 cm³/mol. The zero-order chi connectivity index (χ0) is 26.8. The van der Waals surface area contributed by atoms with Crippen molar-refractivity contribution in [2.45, 2.75) is 31.6 Å². The second-order valence-corrected chi connectivity index (χ2v) is 9.50. The molecule has 1 saturated heterocycles. The number of ether oxygens (including phenoxy) is 1. The van der Waals surface area contributed by atoms with Crippen molar-refractivity contribution >= 4 is 16.9 Å². The van der Waals surface area contributed by atoms with Crippen LogP contribution >= 0.6 is 0 Å². The van der Waals surface area contributed by atoms with Gasteiger partial charge in [-0.15, -0.1) is 0 Å². The lowest BCUT2D eigenvalue weighted by Gasteiger charge is -2.29. The van der Waals surface area contributed by atoms with E-state index in [4.69, 9.17) is 9.15 Å². The Labute approximate surface area is 219 Å². The summed E-state index contributed by atoms with van der Waals surface area (Å²) in [5, 5.41) is 32.2. The van der Waals surface area contributed by atoms with E-state index in [0.29, 0.717) is 24.2 Å². The molecule has 1 aliphatic rings. The summed E-state index contributed by atoms with van der Waals surface area (Å²) in [5.74, 6) is -1.27. The van der Waals surface area contributed by atoms with E-state index in [1.807, 2.05) is 6.07 Å². The molecule has 5 rings (SSSR count). The van der Waals surface area contributed by atoms with Crippen molar-refractivity contribution in [2.24, 2.45) is 0 Å². The Kier molecular flexibility index (Phi) is 6.96. The standard InChI is InChI=1S/C30H29NO7/c1-37-25-11-10-19(14-21(25)32)20(15-27(36)31-12-6-3-7-13-31)28-22(33)16-23(34)29-24(35)17-26(38-30(28)29)18-8-4-2-5-9-18/h2,4-5,8-11,14,16-17,20,32-34H,3,6-7,12-13,15H2,1H3/t20-/m0/s1. The summed E-state index contributed by atoms with van der Waals surface area (Å²) in [5.41, 5.74) is 0.845. The Bertz CT molecular complexity index is 1540. The molecule has 1 atom stereocenters. The average molecular weight is 516 g/mol. The maximum absolute atomic E-state index is 13.4. The van der Waals surface area contributed by atoms with Gasteiger partial charge < -0.3 is 29.4 Å². The molecule has 196 valence electrons. The Morgan fingerprint density at radius 3 is 2.37 bits per heavy atom. The number of amides is 1. The quantitative estimate of drug-likeness (QED) is 0.326. The molecule has 0 unspecified atom stereocenters. The third kappa shape index (κ3) is 4.77. The minimum absolute atomic E-state index is 0.0133. The molecule has 0 bridgehead atoms. The topological polar surface area (TPSA) is 120 Å². The average Bonchev–Trinajstić information content (AvgIpc) is 2.92. The molecule has 1 aliphatic heterocycles. The highest BCUT2D eigenvalue weighted by atomic mass is 16.5. The summed E-state index contributed by atoms with van der Waals surface area (Å²) in [6.07, 6.45) is 2.86. The van der Waals surface area contributed by atoms with Crippen molar-refractivity contribution < 1.29 is 29.3 Å². The molecule has 0 saturated carbocycles. The summed E-state index contributed by atoms with van der Waals surface area (Å²) in [6.45, 7) is 1.30. The number of benzene rings is 3. The van der Waals surface area contributed by atoms with E-state index in [1.165, 1.54) is 19.2 Å². The van der Waals surface area contributed by atoms with Gasteiger partial charge in [-0.05, 0) is 37.0 Å². The van der Waals surface area contributed by atoms with Crippen molar-refractivity contribution in [3.63, 3.8) is 0 Å². The lowest BCUT2D eigenvalue weighted by molar-refractivity contribution is -0.132. The Morgan fingerprint density at radius 1 is 0.947 bits per heavy atom. The molecule has 1 aromatic heterocycles. The molecule has 0 spiro atoms. The van der Waals surface area contributed by atoms with Gasteiger partial charge in [0.1, 0.15) is 28.2 Å². The molecular weight excluding hydrogens is 486 g/mol. The van der Waals surface area contributed by atoms with Gasteiger partial charge in [0, 0.05) is 48.7 Å². The first-order chi connectivity index (χ1) is 18.4. The molecule has 3 aromatic carbocycles. The minimum atomic E-state index is -0.793. The summed E-state index contributed by atoms with van der Waals surface area (Å²) in [4.78, 5) is 28.4. The van der Waals surface area contributed by atoms with Crippen LogP contribution in [0.3, 0.4) is 0 Å². The first kappa shape index (κ1) is 25.2. The number of phenols is 3. The SMILES string of the molecule is COc1ccc([C@H](CC(=O)N2CCCCC2)c2c(O)cc(O)c3c(=O)cc(-c4ccccc4)oc23)cc1O. The van der Waals surface area contributed by atoms with Gasteiger partial charge in [0.05, 0.1) is 7.11 Å². The number of carbonyl (C=O) groups excluding carboxylic acids is 1. The molecule has 8 nitrogen and oxygen atoms in total. The lowest BCUT2D eigenvalue weighted by atomic mass is 9.85. The second kappa shape index (κ2) is 10.5. The van der Waals surface area contributed by atoms with Gasteiger partial charge >= 0.3 is 0 Å². The molecule has 2 heterocycles. The Morgan fingerprint density at radius 2 is 1.68 bits per heavy atom. The number of hydrogen-bond donors (Lipinski definition) is 3. The van der Waals surface area contributed by atoms with Crippen LogP contribution in [0.4, 0.5) is 0 Å². The van der Waals surface area contributed by atoms with E-state index < -0.39 is 17.1 Å². The number of nitrogens with zero attached hydrogens (tertiary/aromatic N) is 1. The van der Waals surface area contributed by atoms with Gasteiger partial charge in [0.15, 0.2) is 16.9 Å². The van der Waals surface area contributed by atoms with Crippen LogP contribution in [0.2, 0.25) is 0 Å². The maximum atomic E-state index is 13.4. The molecule has 8 heteroatoms. The largest absolute Gasteiger partial charge is 0.507 e. The number of phenolic OH excluding ortho intramolecular Hbond substituents is 3. The van der Waals surface area contributed by atoms with Crippen molar-refractivity contribution in [2.75, 3.05) is 20.2 Å². The highest BCUT2D eigenvalue weighted by Crippen LogP contribution is 2.44. The van der Waals surface area contributed by atoms with Gasteiger partial charge in [-0.25, -0.2) is 0 Å². The first-order valence-electron chi connectivity index (χ1n) is 12.6. The molecule has 4 aromatic rings. The predicted octanol–water partition coefficient (Wildman–Crippen LogP) is 5.12. The number of hydrogen-bond acceptors (Lipinski definition) is 7. The van der Waals surface area contributed by atoms with Crippen LogP contribution in [0.25, 0.3) is 22.3 Å². The zero-order valence-corrected chi connectivity index (χ0v) is 21.0.